The second-order valence-corrected chi connectivity index (χ2v) is 8.26. The van der Waals surface area contributed by atoms with Crippen molar-refractivity contribution >= 4 is 17.3 Å². The fraction of sp³-hybridized carbons (Fsp3) is 0.478. The molecule has 30 heavy (non-hydrogen) atoms. The third-order valence-electron chi connectivity index (χ3n) is 6.23. The molecule has 0 saturated carbocycles. The van der Waals surface area contributed by atoms with Crippen LogP contribution in [-0.2, 0) is 0 Å². The van der Waals surface area contributed by atoms with Crippen molar-refractivity contribution in [2.24, 2.45) is 0 Å². The van der Waals surface area contributed by atoms with Gasteiger partial charge in [-0.05, 0) is 42.7 Å². The fourth-order valence-electron chi connectivity index (χ4n) is 4.73. The summed E-state index contributed by atoms with van der Waals surface area (Å²) in [7, 11) is 4.87. The van der Waals surface area contributed by atoms with Crippen molar-refractivity contribution in [2.45, 2.75) is 31.1 Å². The van der Waals surface area contributed by atoms with E-state index in [2.05, 4.69) is 9.80 Å². The lowest BCUT2D eigenvalue weighted by Crippen LogP contribution is -2.57. The lowest BCUT2D eigenvalue weighted by atomic mass is 9.88. The molecule has 2 aromatic rings. The van der Waals surface area contributed by atoms with Crippen LogP contribution in [0.3, 0.4) is 0 Å². The minimum absolute atomic E-state index is 0.0282. The van der Waals surface area contributed by atoms with Crippen molar-refractivity contribution in [3.63, 3.8) is 0 Å². The van der Waals surface area contributed by atoms with E-state index in [9.17, 15) is 4.39 Å². The van der Waals surface area contributed by atoms with Crippen LogP contribution in [0.2, 0.25) is 5.02 Å². The first kappa shape index (κ1) is 21.1. The number of piperazine rings is 1. The van der Waals surface area contributed by atoms with Gasteiger partial charge in [0.15, 0.2) is 11.5 Å². The van der Waals surface area contributed by atoms with Gasteiger partial charge in [0.2, 0.25) is 0 Å². The predicted octanol–water partition coefficient (Wildman–Crippen LogP) is 4.73. The van der Waals surface area contributed by atoms with Crippen LogP contribution in [0, 0.1) is 0 Å². The highest BCUT2D eigenvalue weighted by Crippen LogP contribution is 2.41. The SMILES string of the molecule is COc1cc(N2CCN3C(CC(F)CC3c3ccc(OC)c(OC)c3)C2)ccc1Cl. The van der Waals surface area contributed by atoms with Crippen LogP contribution in [0.5, 0.6) is 17.2 Å². The molecule has 2 fully saturated rings. The number of anilines is 1. The molecule has 0 aliphatic carbocycles. The summed E-state index contributed by atoms with van der Waals surface area (Å²) in [5, 5.41) is 0.592. The van der Waals surface area contributed by atoms with Gasteiger partial charge in [0.25, 0.3) is 0 Å². The number of benzene rings is 2. The van der Waals surface area contributed by atoms with Gasteiger partial charge in [-0.1, -0.05) is 17.7 Å². The number of ether oxygens (including phenoxy) is 3. The molecule has 0 bridgehead atoms. The van der Waals surface area contributed by atoms with Crippen molar-refractivity contribution in [1.82, 2.24) is 4.90 Å². The number of fused-ring (bicyclic) bond motifs is 1. The minimum atomic E-state index is -0.830. The topological polar surface area (TPSA) is 34.2 Å². The fourth-order valence-corrected chi connectivity index (χ4v) is 4.92. The molecular formula is C23H28ClFN2O3. The zero-order valence-corrected chi connectivity index (χ0v) is 18.4. The van der Waals surface area contributed by atoms with Gasteiger partial charge >= 0.3 is 0 Å². The molecular weight excluding hydrogens is 407 g/mol. The molecule has 162 valence electrons. The van der Waals surface area contributed by atoms with E-state index in [0.717, 1.165) is 30.9 Å². The predicted molar refractivity (Wildman–Crippen MR) is 117 cm³/mol. The summed E-state index contributed by atoms with van der Waals surface area (Å²) in [4.78, 5) is 4.74. The summed E-state index contributed by atoms with van der Waals surface area (Å²) in [5.41, 5.74) is 2.13. The molecule has 0 spiro atoms. The van der Waals surface area contributed by atoms with Gasteiger partial charge in [-0.15, -0.1) is 0 Å². The maximum atomic E-state index is 14.8. The summed E-state index contributed by atoms with van der Waals surface area (Å²) in [6, 6.07) is 11.9. The van der Waals surface area contributed by atoms with Crippen molar-refractivity contribution in [3.05, 3.63) is 47.0 Å². The second kappa shape index (κ2) is 8.90. The molecule has 2 aliphatic rings. The van der Waals surface area contributed by atoms with Crippen LogP contribution in [-0.4, -0.2) is 58.1 Å². The summed E-state index contributed by atoms with van der Waals surface area (Å²) in [6.07, 6.45) is 0.218. The van der Waals surface area contributed by atoms with Gasteiger partial charge in [0.05, 0.1) is 26.4 Å². The van der Waals surface area contributed by atoms with Crippen molar-refractivity contribution in [3.8, 4) is 17.2 Å². The molecule has 2 heterocycles. The number of nitrogens with zero attached hydrogens (tertiary/aromatic N) is 2. The van der Waals surface area contributed by atoms with E-state index in [-0.39, 0.29) is 12.1 Å². The summed E-state index contributed by atoms with van der Waals surface area (Å²) in [6.45, 7) is 2.50. The van der Waals surface area contributed by atoms with E-state index in [1.807, 2.05) is 36.4 Å². The third kappa shape index (κ3) is 4.03. The summed E-state index contributed by atoms with van der Waals surface area (Å²) < 4.78 is 31.0. The van der Waals surface area contributed by atoms with E-state index >= 15 is 0 Å². The highest BCUT2D eigenvalue weighted by Gasteiger charge is 2.40. The van der Waals surface area contributed by atoms with Gasteiger partial charge in [0, 0.05) is 43.5 Å². The zero-order chi connectivity index (χ0) is 21.3. The molecule has 5 nitrogen and oxygen atoms in total. The maximum absolute atomic E-state index is 14.8. The lowest BCUT2D eigenvalue weighted by molar-refractivity contribution is 0.0281. The van der Waals surface area contributed by atoms with Gasteiger partial charge in [0.1, 0.15) is 11.9 Å². The Morgan fingerprint density at radius 1 is 0.900 bits per heavy atom. The first-order valence-corrected chi connectivity index (χ1v) is 10.6. The summed E-state index contributed by atoms with van der Waals surface area (Å²) in [5.74, 6) is 2.03. The molecule has 2 aliphatic heterocycles. The normalized spacial score (nSPS) is 24.3. The van der Waals surface area contributed by atoms with Crippen molar-refractivity contribution in [1.29, 1.82) is 0 Å². The molecule has 0 N–H and O–H groups in total. The van der Waals surface area contributed by atoms with Crippen LogP contribution in [0.15, 0.2) is 36.4 Å². The van der Waals surface area contributed by atoms with Gasteiger partial charge in [-0.25, -0.2) is 4.39 Å². The van der Waals surface area contributed by atoms with Crippen LogP contribution >= 0.6 is 11.6 Å². The van der Waals surface area contributed by atoms with E-state index in [0.29, 0.717) is 35.1 Å². The molecule has 0 aromatic heterocycles. The van der Waals surface area contributed by atoms with Gasteiger partial charge in [-0.2, -0.15) is 0 Å². The van der Waals surface area contributed by atoms with E-state index < -0.39 is 6.17 Å². The molecule has 0 amide bonds. The maximum Gasteiger partial charge on any atom is 0.161 e. The first-order valence-electron chi connectivity index (χ1n) is 10.2. The Hall–Kier alpha value is -2.18. The highest BCUT2D eigenvalue weighted by molar-refractivity contribution is 6.32. The largest absolute Gasteiger partial charge is 0.495 e. The Bertz CT molecular complexity index is 897. The number of halogens is 2. The Labute approximate surface area is 182 Å². The smallest absolute Gasteiger partial charge is 0.161 e. The first-order chi connectivity index (χ1) is 14.5. The lowest BCUT2D eigenvalue weighted by Gasteiger charge is -2.50. The van der Waals surface area contributed by atoms with E-state index in [1.54, 1.807) is 21.3 Å². The highest BCUT2D eigenvalue weighted by atomic mass is 35.5. The molecule has 4 rings (SSSR count). The quantitative estimate of drug-likeness (QED) is 0.679. The number of alkyl halides is 1. The molecule has 3 unspecified atom stereocenters. The number of rotatable bonds is 5. The van der Waals surface area contributed by atoms with Gasteiger partial charge in [-0.3, -0.25) is 4.90 Å². The molecule has 2 saturated heterocycles. The minimum Gasteiger partial charge on any atom is -0.495 e. The van der Waals surface area contributed by atoms with Crippen LogP contribution in [0.4, 0.5) is 10.1 Å². The number of piperidine rings is 1. The third-order valence-corrected chi connectivity index (χ3v) is 6.54. The van der Waals surface area contributed by atoms with Gasteiger partial charge < -0.3 is 19.1 Å². The average Bonchev–Trinajstić information content (AvgIpc) is 2.77. The standard InChI is InChI=1S/C23H28ClFN2O3/c1-28-21-7-4-15(10-23(21)30-3)20-12-16(25)11-18-14-26(8-9-27(18)20)17-5-6-19(24)22(13-17)29-2/h4-7,10,13,16,18,20H,8-9,11-12,14H2,1-3H3. The van der Waals surface area contributed by atoms with Crippen molar-refractivity contribution < 1.29 is 18.6 Å². The zero-order valence-electron chi connectivity index (χ0n) is 17.6. The summed E-state index contributed by atoms with van der Waals surface area (Å²) >= 11 is 6.18. The van der Waals surface area contributed by atoms with Crippen LogP contribution < -0.4 is 19.1 Å². The van der Waals surface area contributed by atoms with Crippen LogP contribution in [0.1, 0.15) is 24.4 Å². The molecule has 3 atom stereocenters. The van der Waals surface area contributed by atoms with Crippen LogP contribution in [0.25, 0.3) is 0 Å². The number of methoxy groups -OCH3 is 3. The van der Waals surface area contributed by atoms with Crippen molar-refractivity contribution in [2.75, 3.05) is 45.9 Å². The average molecular weight is 435 g/mol. The monoisotopic (exact) mass is 434 g/mol. The Morgan fingerprint density at radius 3 is 2.40 bits per heavy atom. The van der Waals surface area contributed by atoms with E-state index in [1.165, 1.54) is 0 Å². The Balaban J connectivity index is 1.56. The molecule has 2 aromatic carbocycles. The molecule has 7 heteroatoms. The molecule has 0 radical (unpaired) electrons. The van der Waals surface area contributed by atoms with E-state index in [4.69, 9.17) is 25.8 Å². The Kier molecular flexibility index (Phi) is 6.25. The number of hydrogen-bond acceptors (Lipinski definition) is 5. The second-order valence-electron chi connectivity index (χ2n) is 7.86. The number of hydrogen-bond donors (Lipinski definition) is 0. The Morgan fingerprint density at radius 2 is 1.67 bits per heavy atom.